The van der Waals surface area contributed by atoms with Gasteiger partial charge in [-0.2, -0.15) is 0 Å². The fraction of sp³-hybridized carbons (Fsp3) is 0.600. The predicted octanol–water partition coefficient (Wildman–Crippen LogP) is 2.29. The molecule has 2 amide bonds. The number of carbonyl (C=O) groups excluding carboxylic acids is 2. The van der Waals surface area contributed by atoms with Gasteiger partial charge in [0.1, 0.15) is 11.9 Å². The number of likely N-dealkylation sites (N-methyl/N-ethyl adjacent to an activating group) is 1. The predicted molar refractivity (Wildman–Crippen MR) is 97.9 cm³/mol. The number of benzene rings is 1. The van der Waals surface area contributed by atoms with Crippen LogP contribution < -0.4 is 0 Å². The quantitative estimate of drug-likeness (QED) is 0.830. The molecule has 1 atom stereocenters. The zero-order chi connectivity index (χ0) is 18.9. The number of carbonyl (C=O) groups is 2. The van der Waals surface area contributed by atoms with Crippen LogP contribution in [-0.4, -0.2) is 67.3 Å². The monoisotopic (exact) mass is 361 g/mol. The van der Waals surface area contributed by atoms with Crippen molar-refractivity contribution in [3.8, 4) is 0 Å². The highest BCUT2D eigenvalue weighted by Gasteiger charge is 2.41. The fourth-order valence-corrected chi connectivity index (χ4v) is 4.35. The van der Waals surface area contributed by atoms with Gasteiger partial charge in [-0.3, -0.25) is 14.5 Å². The molecule has 2 aliphatic heterocycles. The van der Waals surface area contributed by atoms with E-state index in [1.165, 1.54) is 12.1 Å². The van der Waals surface area contributed by atoms with Gasteiger partial charge >= 0.3 is 0 Å². The Hall–Kier alpha value is -1.95. The SMILES string of the molecule is CN1CC2(CCC1=O)CCN(C(=O)[C@@H](c1cccc(F)c1)N(C)C)CC2. The molecular weight excluding hydrogens is 333 g/mol. The van der Waals surface area contributed by atoms with Gasteiger partial charge in [0.25, 0.3) is 0 Å². The van der Waals surface area contributed by atoms with Gasteiger partial charge in [0.2, 0.25) is 11.8 Å². The van der Waals surface area contributed by atoms with Crippen molar-refractivity contribution in [3.05, 3.63) is 35.6 Å². The Balaban J connectivity index is 1.69. The topological polar surface area (TPSA) is 43.9 Å². The maximum atomic E-state index is 13.6. The van der Waals surface area contributed by atoms with E-state index in [0.29, 0.717) is 25.1 Å². The van der Waals surface area contributed by atoms with E-state index in [1.54, 1.807) is 12.1 Å². The molecule has 0 N–H and O–H groups in total. The molecule has 26 heavy (non-hydrogen) atoms. The molecule has 3 rings (SSSR count). The van der Waals surface area contributed by atoms with Gasteiger partial charge in [-0.25, -0.2) is 4.39 Å². The molecule has 2 aliphatic rings. The zero-order valence-corrected chi connectivity index (χ0v) is 15.9. The molecule has 0 bridgehead atoms. The minimum Gasteiger partial charge on any atom is -0.345 e. The van der Waals surface area contributed by atoms with Crippen LogP contribution in [0, 0.1) is 11.2 Å². The summed E-state index contributed by atoms with van der Waals surface area (Å²) in [7, 11) is 5.56. The van der Waals surface area contributed by atoms with E-state index in [1.807, 2.05) is 35.8 Å². The molecule has 1 aromatic rings. The third-order valence-corrected chi connectivity index (χ3v) is 5.92. The van der Waals surface area contributed by atoms with E-state index in [0.717, 1.165) is 25.8 Å². The van der Waals surface area contributed by atoms with Crippen LogP contribution >= 0.6 is 0 Å². The highest BCUT2D eigenvalue weighted by Crippen LogP contribution is 2.40. The third-order valence-electron chi connectivity index (χ3n) is 5.92. The lowest BCUT2D eigenvalue weighted by Crippen LogP contribution is -2.52. The summed E-state index contributed by atoms with van der Waals surface area (Å²) in [4.78, 5) is 30.5. The molecule has 0 saturated carbocycles. The molecule has 0 aromatic heterocycles. The maximum Gasteiger partial charge on any atom is 0.244 e. The lowest BCUT2D eigenvalue weighted by atomic mass is 9.72. The van der Waals surface area contributed by atoms with Crippen LogP contribution in [0.3, 0.4) is 0 Å². The summed E-state index contributed by atoms with van der Waals surface area (Å²) < 4.78 is 13.6. The Morgan fingerprint density at radius 1 is 1.23 bits per heavy atom. The standard InChI is InChI=1S/C20H28FN3O2/c1-22(2)18(15-5-4-6-16(21)13-15)19(26)24-11-9-20(10-12-24)8-7-17(25)23(3)14-20/h4-6,13,18H,7-12,14H2,1-3H3/t18-/m1/s1. The first-order valence-electron chi connectivity index (χ1n) is 9.26. The number of piperidine rings is 2. The van der Waals surface area contributed by atoms with Crippen molar-refractivity contribution in [2.75, 3.05) is 40.8 Å². The molecule has 1 spiro atoms. The number of likely N-dealkylation sites (tertiary alicyclic amines) is 2. The highest BCUT2D eigenvalue weighted by atomic mass is 19.1. The highest BCUT2D eigenvalue weighted by molar-refractivity contribution is 5.83. The summed E-state index contributed by atoms with van der Waals surface area (Å²) in [6, 6.07) is 5.81. The van der Waals surface area contributed by atoms with Crippen molar-refractivity contribution in [2.24, 2.45) is 5.41 Å². The Kier molecular flexibility index (Phi) is 5.32. The second-order valence-corrected chi connectivity index (χ2v) is 8.00. The van der Waals surface area contributed by atoms with Crippen molar-refractivity contribution in [1.82, 2.24) is 14.7 Å². The van der Waals surface area contributed by atoms with Crippen LogP contribution in [0.25, 0.3) is 0 Å². The van der Waals surface area contributed by atoms with Gasteiger partial charge < -0.3 is 9.80 Å². The third kappa shape index (κ3) is 3.75. The summed E-state index contributed by atoms with van der Waals surface area (Å²) in [6.45, 7) is 2.18. The van der Waals surface area contributed by atoms with E-state index < -0.39 is 6.04 Å². The molecule has 2 fully saturated rings. The largest absolute Gasteiger partial charge is 0.345 e. The van der Waals surface area contributed by atoms with Gasteiger partial charge in [-0.15, -0.1) is 0 Å². The maximum absolute atomic E-state index is 13.6. The van der Waals surface area contributed by atoms with Gasteiger partial charge in [0.15, 0.2) is 0 Å². The van der Waals surface area contributed by atoms with Crippen LogP contribution in [-0.2, 0) is 9.59 Å². The van der Waals surface area contributed by atoms with E-state index in [-0.39, 0.29) is 23.0 Å². The van der Waals surface area contributed by atoms with Crippen LogP contribution in [0.4, 0.5) is 4.39 Å². The second-order valence-electron chi connectivity index (χ2n) is 8.00. The molecule has 2 heterocycles. The molecule has 5 nitrogen and oxygen atoms in total. The second kappa shape index (κ2) is 7.35. The Morgan fingerprint density at radius 2 is 1.92 bits per heavy atom. The number of nitrogens with zero attached hydrogens (tertiary/aromatic N) is 3. The molecule has 1 aromatic carbocycles. The molecule has 0 aliphatic carbocycles. The molecule has 142 valence electrons. The fourth-order valence-electron chi connectivity index (χ4n) is 4.35. The van der Waals surface area contributed by atoms with Gasteiger partial charge in [0.05, 0.1) is 0 Å². The van der Waals surface area contributed by atoms with E-state index >= 15 is 0 Å². The molecule has 0 radical (unpaired) electrons. The summed E-state index contributed by atoms with van der Waals surface area (Å²) in [5, 5.41) is 0. The normalized spacial score (nSPS) is 21.3. The number of amides is 2. The van der Waals surface area contributed by atoms with Crippen molar-refractivity contribution in [1.29, 1.82) is 0 Å². The average Bonchev–Trinajstić information content (AvgIpc) is 2.59. The van der Waals surface area contributed by atoms with E-state index in [4.69, 9.17) is 0 Å². The Bertz CT molecular complexity index is 683. The summed E-state index contributed by atoms with van der Waals surface area (Å²) in [5.41, 5.74) is 0.828. The van der Waals surface area contributed by atoms with Crippen LogP contribution in [0.2, 0.25) is 0 Å². The van der Waals surface area contributed by atoms with Crippen molar-refractivity contribution >= 4 is 11.8 Å². The smallest absolute Gasteiger partial charge is 0.244 e. The van der Waals surface area contributed by atoms with Gasteiger partial charge in [0, 0.05) is 33.1 Å². The molecular formula is C20H28FN3O2. The average molecular weight is 361 g/mol. The lowest BCUT2D eigenvalue weighted by molar-refractivity contribution is -0.143. The van der Waals surface area contributed by atoms with Crippen LogP contribution in [0.5, 0.6) is 0 Å². The zero-order valence-electron chi connectivity index (χ0n) is 15.9. The summed E-state index contributed by atoms with van der Waals surface area (Å²) in [5.74, 6) is -0.0849. The van der Waals surface area contributed by atoms with Gasteiger partial charge in [-0.1, -0.05) is 12.1 Å². The van der Waals surface area contributed by atoms with Gasteiger partial charge in [-0.05, 0) is 56.5 Å². The van der Waals surface area contributed by atoms with Crippen molar-refractivity contribution < 1.29 is 14.0 Å². The summed E-state index contributed by atoms with van der Waals surface area (Å²) in [6.07, 6.45) is 3.35. The molecule has 6 heteroatoms. The van der Waals surface area contributed by atoms with Crippen molar-refractivity contribution in [3.63, 3.8) is 0 Å². The number of halogens is 1. The minimum absolute atomic E-state index is 0.0238. The first-order valence-corrected chi connectivity index (χ1v) is 9.26. The molecule has 2 saturated heterocycles. The minimum atomic E-state index is -0.477. The van der Waals surface area contributed by atoms with Crippen molar-refractivity contribution in [2.45, 2.75) is 31.7 Å². The number of rotatable bonds is 3. The summed E-state index contributed by atoms with van der Waals surface area (Å²) >= 11 is 0. The van der Waals surface area contributed by atoms with E-state index in [9.17, 15) is 14.0 Å². The Morgan fingerprint density at radius 3 is 2.50 bits per heavy atom. The van der Waals surface area contributed by atoms with Crippen LogP contribution in [0.15, 0.2) is 24.3 Å². The van der Waals surface area contributed by atoms with Crippen LogP contribution in [0.1, 0.15) is 37.3 Å². The lowest BCUT2D eigenvalue weighted by Gasteiger charge is -2.47. The number of hydrogen-bond donors (Lipinski definition) is 0. The van der Waals surface area contributed by atoms with E-state index in [2.05, 4.69) is 0 Å². The Labute approximate surface area is 154 Å². The first kappa shape index (κ1) is 18.8. The molecule has 0 unspecified atom stereocenters. The number of hydrogen-bond acceptors (Lipinski definition) is 3. The first-order chi connectivity index (χ1) is 12.3.